The van der Waals surface area contributed by atoms with E-state index in [0.717, 1.165) is 0 Å². The third kappa shape index (κ3) is 2.67. The summed E-state index contributed by atoms with van der Waals surface area (Å²) in [6, 6.07) is 4.06. The van der Waals surface area contributed by atoms with E-state index in [2.05, 4.69) is 4.74 Å². The van der Waals surface area contributed by atoms with Gasteiger partial charge in [-0.1, -0.05) is 23.7 Å². The summed E-state index contributed by atoms with van der Waals surface area (Å²) in [4.78, 5) is 11.1. The summed E-state index contributed by atoms with van der Waals surface area (Å²) >= 11 is 5.50. The molecule has 3 nitrogen and oxygen atoms in total. The highest BCUT2D eigenvalue weighted by molar-refractivity contribution is 6.30. The molecule has 5 heteroatoms. The standard InChI is InChI=1S/C10H10ClFO3/c1-2-15-10(14)9(13)6-4-3-5-7(11)8(6)12/h3-5,9,13H,2H2,1H3. The number of aliphatic hydroxyl groups excluding tert-OH is 1. The molecule has 1 atom stereocenters. The molecule has 1 aromatic rings. The minimum Gasteiger partial charge on any atom is -0.464 e. The van der Waals surface area contributed by atoms with Crippen molar-refractivity contribution in [1.82, 2.24) is 0 Å². The van der Waals surface area contributed by atoms with Crippen LogP contribution >= 0.6 is 11.6 Å². The summed E-state index contributed by atoms with van der Waals surface area (Å²) in [7, 11) is 0. The van der Waals surface area contributed by atoms with E-state index in [1.54, 1.807) is 6.92 Å². The fraction of sp³-hybridized carbons (Fsp3) is 0.300. The van der Waals surface area contributed by atoms with E-state index in [0.29, 0.717) is 0 Å². The first-order valence-corrected chi connectivity index (χ1v) is 4.74. The van der Waals surface area contributed by atoms with Crippen molar-refractivity contribution >= 4 is 17.6 Å². The van der Waals surface area contributed by atoms with Gasteiger partial charge in [0.15, 0.2) is 6.10 Å². The first-order chi connectivity index (χ1) is 7.07. The fourth-order valence-corrected chi connectivity index (χ4v) is 1.26. The largest absolute Gasteiger partial charge is 0.464 e. The Morgan fingerprint density at radius 2 is 2.33 bits per heavy atom. The second-order valence-corrected chi connectivity index (χ2v) is 3.20. The molecule has 0 saturated carbocycles. The third-order valence-electron chi connectivity index (χ3n) is 1.79. The quantitative estimate of drug-likeness (QED) is 0.812. The highest BCUT2D eigenvalue weighted by Gasteiger charge is 2.22. The van der Waals surface area contributed by atoms with Gasteiger partial charge in [-0.3, -0.25) is 0 Å². The van der Waals surface area contributed by atoms with Gasteiger partial charge in [-0.15, -0.1) is 0 Å². The van der Waals surface area contributed by atoms with Gasteiger partial charge in [0.25, 0.3) is 0 Å². The van der Waals surface area contributed by atoms with Crippen molar-refractivity contribution in [3.8, 4) is 0 Å². The smallest absolute Gasteiger partial charge is 0.339 e. The van der Waals surface area contributed by atoms with Crippen LogP contribution in [-0.4, -0.2) is 17.7 Å². The average molecular weight is 233 g/mol. The lowest BCUT2D eigenvalue weighted by atomic mass is 10.1. The molecular formula is C10H10ClFO3. The van der Waals surface area contributed by atoms with Crippen molar-refractivity contribution in [2.24, 2.45) is 0 Å². The third-order valence-corrected chi connectivity index (χ3v) is 2.08. The van der Waals surface area contributed by atoms with Crippen LogP contribution in [0, 0.1) is 5.82 Å². The molecule has 15 heavy (non-hydrogen) atoms. The predicted molar refractivity (Wildman–Crippen MR) is 53.0 cm³/mol. The number of aliphatic hydroxyl groups is 1. The van der Waals surface area contributed by atoms with Gasteiger partial charge in [0.1, 0.15) is 5.82 Å². The van der Waals surface area contributed by atoms with Crippen molar-refractivity contribution in [3.63, 3.8) is 0 Å². The molecule has 0 aliphatic rings. The Bertz CT molecular complexity index is 368. The summed E-state index contributed by atoms with van der Waals surface area (Å²) in [6.07, 6.45) is -1.64. The van der Waals surface area contributed by atoms with E-state index < -0.39 is 17.9 Å². The second-order valence-electron chi connectivity index (χ2n) is 2.80. The van der Waals surface area contributed by atoms with Crippen molar-refractivity contribution in [2.75, 3.05) is 6.61 Å². The lowest BCUT2D eigenvalue weighted by Crippen LogP contribution is -2.16. The number of rotatable bonds is 3. The number of ether oxygens (including phenoxy) is 1. The normalized spacial score (nSPS) is 12.3. The van der Waals surface area contributed by atoms with Crippen LogP contribution in [-0.2, 0) is 9.53 Å². The fourth-order valence-electron chi connectivity index (χ4n) is 1.08. The zero-order chi connectivity index (χ0) is 11.4. The minimum atomic E-state index is -1.64. The van der Waals surface area contributed by atoms with Crippen LogP contribution in [0.25, 0.3) is 0 Å². The molecule has 82 valence electrons. The Morgan fingerprint density at radius 3 is 2.93 bits per heavy atom. The van der Waals surface area contributed by atoms with Gasteiger partial charge in [0.05, 0.1) is 11.6 Å². The Balaban J connectivity index is 2.96. The van der Waals surface area contributed by atoms with Crippen LogP contribution in [0.1, 0.15) is 18.6 Å². The van der Waals surface area contributed by atoms with Crippen molar-refractivity contribution in [1.29, 1.82) is 0 Å². The zero-order valence-corrected chi connectivity index (χ0v) is 8.79. The van der Waals surface area contributed by atoms with Crippen LogP contribution in [0.5, 0.6) is 0 Å². The Labute approximate surface area is 91.4 Å². The monoisotopic (exact) mass is 232 g/mol. The van der Waals surface area contributed by atoms with Gasteiger partial charge >= 0.3 is 5.97 Å². The Morgan fingerprint density at radius 1 is 1.67 bits per heavy atom. The summed E-state index contributed by atoms with van der Waals surface area (Å²) in [5.74, 6) is -1.70. The summed E-state index contributed by atoms with van der Waals surface area (Å²) < 4.78 is 17.9. The molecule has 1 rings (SSSR count). The number of benzene rings is 1. The average Bonchev–Trinajstić information content (AvgIpc) is 2.21. The number of hydrogen-bond acceptors (Lipinski definition) is 3. The maximum atomic E-state index is 13.4. The topological polar surface area (TPSA) is 46.5 Å². The lowest BCUT2D eigenvalue weighted by Gasteiger charge is -2.11. The number of halogens is 2. The summed E-state index contributed by atoms with van der Waals surface area (Å²) in [6.45, 7) is 1.72. The predicted octanol–water partition coefficient (Wildman–Crippen LogP) is 2.08. The number of carbonyl (C=O) groups excluding carboxylic acids is 1. The van der Waals surface area contributed by atoms with Gasteiger partial charge in [-0.05, 0) is 13.0 Å². The molecule has 0 radical (unpaired) electrons. The van der Waals surface area contributed by atoms with Crippen LogP contribution in [0.2, 0.25) is 5.02 Å². The molecule has 1 aromatic carbocycles. The molecule has 0 spiro atoms. The molecular weight excluding hydrogens is 223 g/mol. The molecule has 1 N–H and O–H groups in total. The molecule has 0 aromatic heterocycles. The molecule has 0 heterocycles. The van der Waals surface area contributed by atoms with Crippen molar-refractivity contribution in [3.05, 3.63) is 34.6 Å². The Kier molecular flexibility index (Phi) is 4.05. The number of esters is 1. The Hall–Kier alpha value is -1.13. The molecule has 0 aliphatic carbocycles. The van der Waals surface area contributed by atoms with Gasteiger partial charge in [0.2, 0.25) is 0 Å². The first kappa shape index (κ1) is 11.9. The van der Waals surface area contributed by atoms with E-state index in [-0.39, 0.29) is 17.2 Å². The van der Waals surface area contributed by atoms with Crippen LogP contribution < -0.4 is 0 Å². The van der Waals surface area contributed by atoms with Crippen LogP contribution in [0.4, 0.5) is 4.39 Å². The highest BCUT2D eigenvalue weighted by atomic mass is 35.5. The van der Waals surface area contributed by atoms with E-state index >= 15 is 0 Å². The van der Waals surface area contributed by atoms with Gasteiger partial charge in [-0.25, -0.2) is 9.18 Å². The van der Waals surface area contributed by atoms with Crippen molar-refractivity contribution < 1.29 is 19.0 Å². The molecule has 0 bridgehead atoms. The van der Waals surface area contributed by atoms with Crippen LogP contribution in [0.15, 0.2) is 18.2 Å². The highest BCUT2D eigenvalue weighted by Crippen LogP contribution is 2.23. The van der Waals surface area contributed by atoms with E-state index in [1.807, 2.05) is 0 Å². The molecule has 1 unspecified atom stereocenters. The van der Waals surface area contributed by atoms with E-state index in [1.165, 1.54) is 18.2 Å². The van der Waals surface area contributed by atoms with Gasteiger partial charge < -0.3 is 9.84 Å². The molecule has 0 saturated heterocycles. The van der Waals surface area contributed by atoms with Crippen molar-refractivity contribution in [2.45, 2.75) is 13.0 Å². The summed E-state index contributed by atoms with van der Waals surface area (Å²) in [5.41, 5.74) is -0.180. The molecule has 0 amide bonds. The zero-order valence-electron chi connectivity index (χ0n) is 8.04. The maximum Gasteiger partial charge on any atom is 0.339 e. The molecule has 0 aliphatic heterocycles. The number of carbonyl (C=O) groups is 1. The van der Waals surface area contributed by atoms with Gasteiger partial charge in [0, 0.05) is 5.56 Å². The second kappa shape index (κ2) is 5.09. The number of hydrogen-bond donors (Lipinski definition) is 1. The SMILES string of the molecule is CCOC(=O)C(O)c1cccc(Cl)c1F. The minimum absolute atomic E-state index is 0.123. The van der Waals surface area contributed by atoms with E-state index in [4.69, 9.17) is 11.6 Å². The van der Waals surface area contributed by atoms with E-state index in [9.17, 15) is 14.3 Å². The lowest BCUT2D eigenvalue weighted by molar-refractivity contribution is -0.153. The maximum absolute atomic E-state index is 13.4. The molecule has 0 fully saturated rings. The summed E-state index contributed by atoms with van der Waals surface area (Å²) in [5, 5.41) is 9.31. The van der Waals surface area contributed by atoms with Gasteiger partial charge in [-0.2, -0.15) is 0 Å². The van der Waals surface area contributed by atoms with Crippen LogP contribution in [0.3, 0.4) is 0 Å². The first-order valence-electron chi connectivity index (χ1n) is 4.36.